The van der Waals surface area contributed by atoms with Gasteiger partial charge >= 0.3 is 29.6 Å². The summed E-state index contributed by atoms with van der Waals surface area (Å²) in [4.78, 5) is 84.9. The van der Waals surface area contributed by atoms with Gasteiger partial charge in [-0.05, 0) is 37.1 Å². The van der Waals surface area contributed by atoms with E-state index in [9.17, 15) is 28.8 Å². The molecule has 3 atom stereocenters. The van der Waals surface area contributed by atoms with Crippen LogP contribution in [0, 0.1) is 13.8 Å². The highest BCUT2D eigenvalue weighted by molar-refractivity contribution is 5.81. The summed E-state index contributed by atoms with van der Waals surface area (Å²) in [6, 6.07) is 3.44. The van der Waals surface area contributed by atoms with Crippen LogP contribution in [0.25, 0.3) is 22.6 Å². The van der Waals surface area contributed by atoms with Gasteiger partial charge in [-0.1, -0.05) is 13.8 Å². The minimum atomic E-state index is -1.60. The highest BCUT2D eigenvalue weighted by atomic mass is 16.6. The summed E-state index contributed by atoms with van der Waals surface area (Å²) in [5.41, 5.74) is 11.4. The Morgan fingerprint density at radius 1 is 0.860 bits per heavy atom. The minimum Gasteiger partial charge on any atom is -0.462 e. The molecule has 0 spiro atoms. The molecule has 0 bridgehead atoms. The van der Waals surface area contributed by atoms with E-state index in [-0.39, 0.29) is 24.4 Å². The van der Waals surface area contributed by atoms with Crippen molar-refractivity contribution in [1.29, 1.82) is 0 Å². The lowest BCUT2D eigenvalue weighted by Gasteiger charge is -2.33. The molecule has 2 aliphatic rings. The Labute approximate surface area is 245 Å². The van der Waals surface area contributed by atoms with Crippen LogP contribution in [0.15, 0.2) is 21.7 Å². The third-order valence-corrected chi connectivity index (χ3v) is 6.47. The topological polar surface area (TPSA) is 238 Å². The SMILES string of the molecule is CCC(=O)OCC(OC(=O)CC)C(OC(=O)CN)C(Cn1c2nc(=O)[nH]c(=O)c-2nc2cc(C)c(C)cc21)OC(=O)CN. The van der Waals surface area contributed by atoms with E-state index in [4.69, 9.17) is 30.4 Å². The molecule has 1 aromatic carbocycles. The maximum atomic E-state index is 12.8. The average molecular weight is 603 g/mol. The smallest absolute Gasteiger partial charge is 0.349 e. The molecule has 0 radical (unpaired) electrons. The van der Waals surface area contributed by atoms with E-state index in [1.165, 1.54) is 11.5 Å². The van der Waals surface area contributed by atoms with Gasteiger partial charge in [0.1, 0.15) is 6.61 Å². The third-order valence-electron chi connectivity index (χ3n) is 6.47. The summed E-state index contributed by atoms with van der Waals surface area (Å²) in [6.07, 6.45) is -4.66. The fourth-order valence-electron chi connectivity index (χ4n) is 4.16. The Morgan fingerprint density at radius 3 is 2.09 bits per heavy atom. The number of aryl methyl sites for hydroxylation is 2. The number of nitrogens with zero attached hydrogens (tertiary/aromatic N) is 3. The molecule has 5 N–H and O–H groups in total. The first-order valence-electron chi connectivity index (χ1n) is 13.5. The third kappa shape index (κ3) is 7.98. The van der Waals surface area contributed by atoms with Crippen LogP contribution in [-0.2, 0) is 44.7 Å². The Bertz CT molecular complexity index is 1600. The number of rotatable bonds is 13. The van der Waals surface area contributed by atoms with Gasteiger partial charge in [-0.3, -0.25) is 29.0 Å². The second-order valence-corrected chi connectivity index (χ2v) is 9.50. The van der Waals surface area contributed by atoms with E-state index >= 15 is 0 Å². The number of nitrogens with one attached hydrogen (secondary N) is 1. The first-order chi connectivity index (χ1) is 20.4. The molecule has 16 nitrogen and oxygen atoms in total. The van der Waals surface area contributed by atoms with Gasteiger partial charge in [0.2, 0.25) is 0 Å². The van der Waals surface area contributed by atoms with Crippen molar-refractivity contribution in [3.05, 3.63) is 44.1 Å². The van der Waals surface area contributed by atoms with Crippen molar-refractivity contribution in [2.24, 2.45) is 11.5 Å². The number of esters is 4. The molecule has 2 aliphatic heterocycles. The van der Waals surface area contributed by atoms with Crippen LogP contribution < -0.4 is 22.7 Å². The Balaban J connectivity index is 2.29. The largest absolute Gasteiger partial charge is 0.462 e. The number of ether oxygens (including phenoxy) is 4. The van der Waals surface area contributed by atoms with Gasteiger partial charge in [-0.25, -0.2) is 9.78 Å². The number of hydrogen-bond donors (Lipinski definition) is 3. The van der Waals surface area contributed by atoms with E-state index in [0.717, 1.165) is 11.1 Å². The summed E-state index contributed by atoms with van der Waals surface area (Å²) < 4.78 is 23.2. The van der Waals surface area contributed by atoms with Gasteiger partial charge in [0.25, 0.3) is 5.56 Å². The van der Waals surface area contributed by atoms with Crippen molar-refractivity contribution in [2.75, 3.05) is 19.7 Å². The van der Waals surface area contributed by atoms with Crippen LogP contribution in [-0.4, -0.2) is 81.4 Å². The standard InChI is InChI=1S/C27H34N6O10/c1-5-19(34)40-12-18(42-20(35)6-2)24(43-22(37)10-29)17(41-21(36)9-28)11-33-16-8-14(4)13(3)7-15(16)30-23-25(33)31-27(39)32-26(23)38/h7-8,17-18,24H,5-6,9-12,28-29H2,1-4H3,(H,32,38,39). The van der Waals surface area contributed by atoms with Gasteiger partial charge in [-0.15, -0.1) is 0 Å². The van der Waals surface area contributed by atoms with E-state index in [2.05, 4.69) is 15.0 Å². The van der Waals surface area contributed by atoms with Crippen molar-refractivity contribution in [1.82, 2.24) is 19.5 Å². The lowest BCUT2D eigenvalue weighted by Crippen LogP contribution is -2.50. The molecular weight excluding hydrogens is 568 g/mol. The van der Waals surface area contributed by atoms with Gasteiger partial charge in [0, 0.05) is 12.8 Å². The summed E-state index contributed by atoms with van der Waals surface area (Å²) in [5, 5.41) is 0. The molecule has 0 amide bonds. The van der Waals surface area contributed by atoms with Gasteiger partial charge < -0.3 is 35.0 Å². The van der Waals surface area contributed by atoms with E-state index in [0.29, 0.717) is 11.0 Å². The molecule has 0 fully saturated rings. The average Bonchev–Trinajstić information content (AvgIpc) is 2.98. The van der Waals surface area contributed by atoms with Gasteiger partial charge in [-0.2, -0.15) is 4.98 Å². The van der Waals surface area contributed by atoms with Crippen LogP contribution in [0.2, 0.25) is 0 Å². The summed E-state index contributed by atoms with van der Waals surface area (Å²) >= 11 is 0. The summed E-state index contributed by atoms with van der Waals surface area (Å²) in [5.74, 6) is -3.44. The van der Waals surface area contributed by atoms with Crippen LogP contribution in [0.3, 0.4) is 0 Å². The summed E-state index contributed by atoms with van der Waals surface area (Å²) in [7, 11) is 0. The highest BCUT2D eigenvalue weighted by Crippen LogP contribution is 2.26. The van der Waals surface area contributed by atoms with Crippen molar-refractivity contribution in [3.8, 4) is 11.5 Å². The van der Waals surface area contributed by atoms with Crippen LogP contribution >= 0.6 is 0 Å². The fourth-order valence-corrected chi connectivity index (χ4v) is 4.16. The van der Waals surface area contributed by atoms with Crippen molar-refractivity contribution in [3.63, 3.8) is 0 Å². The Hall–Kier alpha value is -4.70. The number of H-pyrrole nitrogens is 1. The molecule has 0 aromatic heterocycles. The van der Waals surface area contributed by atoms with Crippen molar-refractivity contribution in [2.45, 2.75) is 65.4 Å². The predicted octanol–water partition coefficient (Wildman–Crippen LogP) is -0.783. The number of carbonyl (C=O) groups is 4. The van der Waals surface area contributed by atoms with Gasteiger partial charge in [0.15, 0.2) is 29.8 Å². The normalized spacial score (nSPS) is 13.3. The Morgan fingerprint density at radius 2 is 1.47 bits per heavy atom. The van der Waals surface area contributed by atoms with Crippen LogP contribution in [0.5, 0.6) is 0 Å². The number of aromatic amines is 1. The molecule has 0 saturated carbocycles. The number of hydrogen-bond acceptors (Lipinski definition) is 14. The quantitative estimate of drug-likeness (QED) is 0.124. The van der Waals surface area contributed by atoms with Crippen molar-refractivity contribution >= 4 is 34.9 Å². The molecule has 3 unspecified atom stereocenters. The number of fused-ring (bicyclic) bond motifs is 2. The summed E-state index contributed by atoms with van der Waals surface area (Å²) in [6.45, 7) is 4.57. The second kappa shape index (κ2) is 14.5. The van der Waals surface area contributed by atoms with E-state index in [1.807, 2.05) is 13.8 Å². The lowest BCUT2D eigenvalue weighted by molar-refractivity contribution is -0.191. The highest BCUT2D eigenvalue weighted by Gasteiger charge is 2.40. The lowest BCUT2D eigenvalue weighted by atomic mass is 10.1. The van der Waals surface area contributed by atoms with E-state index < -0.39 is 79.7 Å². The molecule has 43 heavy (non-hydrogen) atoms. The zero-order chi connectivity index (χ0) is 31.8. The second-order valence-electron chi connectivity index (χ2n) is 9.50. The molecule has 3 rings (SSSR count). The monoisotopic (exact) mass is 602 g/mol. The maximum Gasteiger partial charge on any atom is 0.349 e. The molecule has 1 aromatic rings. The Kier molecular flexibility index (Phi) is 11.0. The maximum absolute atomic E-state index is 12.8. The molecular formula is C27H34N6O10. The minimum absolute atomic E-state index is 0.00531. The molecule has 16 heteroatoms. The first-order valence-corrected chi connectivity index (χ1v) is 13.5. The van der Waals surface area contributed by atoms with Gasteiger partial charge in [0.05, 0.1) is 30.7 Å². The van der Waals surface area contributed by atoms with E-state index in [1.54, 1.807) is 19.1 Å². The first kappa shape index (κ1) is 32.8. The number of carbonyl (C=O) groups excluding carboxylic acids is 4. The number of benzene rings is 1. The zero-order valence-corrected chi connectivity index (χ0v) is 24.2. The van der Waals surface area contributed by atoms with Crippen LogP contribution in [0.1, 0.15) is 37.8 Å². The molecule has 2 heterocycles. The fraction of sp³-hybridized carbons (Fsp3) is 0.481. The predicted molar refractivity (Wildman–Crippen MR) is 150 cm³/mol. The number of aromatic nitrogens is 4. The number of nitrogens with two attached hydrogens (primary N) is 2. The molecule has 232 valence electrons. The zero-order valence-electron chi connectivity index (χ0n) is 24.2. The molecule has 0 saturated heterocycles. The molecule has 0 aliphatic carbocycles. The van der Waals surface area contributed by atoms with Crippen LogP contribution in [0.4, 0.5) is 0 Å². The van der Waals surface area contributed by atoms with Crippen molar-refractivity contribution < 1.29 is 38.1 Å².